The third-order valence-corrected chi connectivity index (χ3v) is 6.01. The van der Waals surface area contributed by atoms with Crippen molar-refractivity contribution in [2.75, 3.05) is 92.5 Å². The van der Waals surface area contributed by atoms with Crippen molar-refractivity contribution in [2.24, 2.45) is 0 Å². The van der Waals surface area contributed by atoms with E-state index in [2.05, 4.69) is 0 Å². The van der Waals surface area contributed by atoms with Crippen molar-refractivity contribution in [3.05, 3.63) is 29.8 Å². The van der Waals surface area contributed by atoms with Crippen molar-refractivity contribution >= 4 is 10.1 Å². The van der Waals surface area contributed by atoms with Gasteiger partial charge in [-0.15, -0.1) is 0 Å². The molecule has 0 radical (unpaired) electrons. The topological polar surface area (TPSA) is 128 Å². The van der Waals surface area contributed by atoms with E-state index in [1.807, 2.05) is 6.92 Å². The maximum atomic E-state index is 12.1. The Labute approximate surface area is 207 Å². The molecule has 2 unspecified atom stereocenters. The molecule has 1 aromatic rings. The summed E-state index contributed by atoms with van der Waals surface area (Å²) in [6.07, 6.45) is -1.27. The van der Waals surface area contributed by atoms with Crippen LogP contribution in [0.15, 0.2) is 29.2 Å². The largest absolute Gasteiger partial charge is 0.388 e. The van der Waals surface area contributed by atoms with Gasteiger partial charge in [-0.3, -0.25) is 4.18 Å². The van der Waals surface area contributed by atoms with Crippen LogP contribution in [0.25, 0.3) is 0 Å². The predicted molar refractivity (Wildman–Crippen MR) is 125 cm³/mol. The molecule has 1 heterocycles. The number of hydrogen-bond donors (Lipinski definition) is 1. The Kier molecular flexibility index (Phi) is 15.5. The normalized spacial score (nSPS) is 19.5. The summed E-state index contributed by atoms with van der Waals surface area (Å²) in [5.41, 5.74) is 0.938. The first-order valence-electron chi connectivity index (χ1n) is 11.7. The molecule has 1 aromatic carbocycles. The minimum atomic E-state index is -3.92. The molecule has 35 heavy (non-hydrogen) atoms. The quantitative estimate of drug-likeness (QED) is 0.272. The Morgan fingerprint density at radius 2 is 1.46 bits per heavy atom. The van der Waals surface area contributed by atoms with Gasteiger partial charge in [-0.25, -0.2) is 0 Å². The maximum Gasteiger partial charge on any atom is 0.297 e. The third-order valence-electron chi connectivity index (χ3n) is 4.71. The molecule has 11 nitrogen and oxygen atoms in total. The summed E-state index contributed by atoms with van der Waals surface area (Å²) in [5, 5.41) is 9.89. The Bertz CT molecular complexity index is 745. The maximum absolute atomic E-state index is 12.1. The molecular weight excluding hydrogens is 484 g/mol. The second-order valence-electron chi connectivity index (χ2n) is 7.76. The van der Waals surface area contributed by atoms with Crippen molar-refractivity contribution in [3.63, 3.8) is 0 Å². The lowest BCUT2D eigenvalue weighted by Gasteiger charge is -2.19. The minimum absolute atomic E-state index is 0.0425. The minimum Gasteiger partial charge on any atom is -0.388 e. The van der Waals surface area contributed by atoms with Crippen LogP contribution in [0.5, 0.6) is 0 Å². The van der Waals surface area contributed by atoms with E-state index in [-0.39, 0.29) is 24.2 Å². The van der Waals surface area contributed by atoms with Crippen LogP contribution < -0.4 is 0 Å². The summed E-state index contributed by atoms with van der Waals surface area (Å²) in [6, 6.07) is 6.28. The van der Waals surface area contributed by atoms with Crippen LogP contribution in [0.4, 0.5) is 0 Å². The lowest BCUT2D eigenvalue weighted by atomic mass is 10.2. The standard InChI is InChI=1S/C23H38O11S/c1-20-2-4-23(5-3-20)35(25,26)34-17-21(24)16-30-11-8-28-10-13-32-19-22-18-31-12-9-27-6-7-29-14-15-33-22/h2-5,21-22,24H,6-19H2,1H3. The van der Waals surface area contributed by atoms with E-state index in [4.69, 9.17) is 37.3 Å². The Morgan fingerprint density at radius 1 is 0.857 bits per heavy atom. The van der Waals surface area contributed by atoms with Crippen molar-refractivity contribution in [2.45, 2.75) is 24.0 Å². The van der Waals surface area contributed by atoms with Gasteiger partial charge in [0.15, 0.2) is 0 Å². The fourth-order valence-corrected chi connectivity index (χ4v) is 3.78. The zero-order valence-corrected chi connectivity index (χ0v) is 21.1. The SMILES string of the molecule is Cc1ccc(S(=O)(=O)OCC(O)COCCOCCOCC2COCCOCCOCCO2)cc1. The molecule has 12 heteroatoms. The molecular formula is C23H38O11S. The van der Waals surface area contributed by atoms with Crippen LogP contribution in [-0.2, 0) is 47.5 Å². The second-order valence-corrected chi connectivity index (χ2v) is 9.38. The van der Waals surface area contributed by atoms with Crippen LogP contribution >= 0.6 is 0 Å². The molecule has 2 atom stereocenters. The first-order valence-corrected chi connectivity index (χ1v) is 13.1. The van der Waals surface area contributed by atoms with Crippen LogP contribution in [0.1, 0.15) is 5.56 Å². The molecule has 0 aliphatic carbocycles. The fraction of sp³-hybridized carbons (Fsp3) is 0.739. The van der Waals surface area contributed by atoms with Gasteiger partial charge < -0.3 is 38.3 Å². The highest BCUT2D eigenvalue weighted by molar-refractivity contribution is 7.86. The molecule has 2 rings (SSSR count). The molecule has 0 saturated carbocycles. The zero-order valence-electron chi connectivity index (χ0n) is 20.3. The van der Waals surface area contributed by atoms with E-state index in [0.717, 1.165) is 5.56 Å². The van der Waals surface area contributed by atoms with Crippen molar-refractivity contribution in [1.29, 1.82) is 0 Å². The molecule has 1 aliphatic rings. The van der Waals surface area contributed by atoms with Gasteiger partial charge >= 0.3 is 0 Å². The lowest BCUT2D eigenvalue weighted by Crippen LogP contribution is -2.29. The Balaban J connectivity index is 1.46. The van der Waals surface area contributed by atoms with E-state index < -0.39 is 22.8 Å². The number of aryl methyl sites for hydroxylation is 1. The first-order chi connectivity index (χ1) is 17.0. The van der Waals surface area contributed by atoms with E-state index >= 15 is 0 Å². The summed E-state index contributed by atoms with van der Waals surface area (Å²) >= 11 is 0. The molecule has 1 aliphatic heterocycles. The van der Waals surface area contributed by atoms with E-state index in [9.17, 15) is 13.5 Å². The van der Waals surface area contributed by atoms with Gasteiger partial charge in [-0.2, -0.15) is 8.42 Å². The molecule has 0 amide bonds. The summed E-state index contributed by atoms with van der Waals surface area (Å²) in [7, 11) is -3.92. The Morgan fingerprint density at radius 3 is 2.17 bits per heavy atom. The smallest absolute Gasteiger partial charge is 0.297 e. The van der Waals surface area contributed by atoms with Gasteiger partial charge in [0.05, 0.1) is 97.4 Å². The van der Waals surface area contributed by atoms with E-state index in [1.165, 1.54) is 12.1 Å². The number of aliphatic hydroxyl groups excluding tert-OH is 1. The van der Waals surface area contributed by atoms with Gasteiger partial charge in [-0.1, -0.05) is 17.7 Å². The Hall–Kier alpha value is -1.19. The molecule has 0 aromatic heterocycles. The van der Waals surface area contributed by atoms with E-state index in [0.29, 0.717) is 72.7 Å². The number of ether oxygens (including phenoxy) is 7. The van der Waals surface area contributed by atoms with Gasteiger partial charge in [0.2, 0.25) is 0 Å². The van der Waals surface area contributed by atoms with Gasteiger partial charge in [0.1, 0.15) is 12.2 Å². The highest BCUT2D eigenvalue weighted by Gasteiger charge is 2.17. The number of rotatable bonds is 14. The zero-order chi connectivity index (χ0) is 25.2. The number of aliphatic hydroxyl groups is 1. The highest BCUT2D eigenvalue weighted by atomic mass is 32.2. The van der Waals surface area contributed by atoms with Gasteiger partial charge in [0, 0.05) is 0 Å². The first kappa shape index (κ1) is 30.0. The van der Waals surface area contributed by atoms with Gasteiger partial charge in [-0.05, 0) is 19.1 Å². The highest BCUT2D eigenvalue weighted by Crippen LogP contribution is 2.13. The van der Waals surface area contributed by atoms with Gasteiger partial charge in [0.25, 0.3) is 10.1 Å². The monoisotopic (exact) mass is 522 g/mol. The van der Waals surface area contributed by atoms with Crippen LogP contribution in [-0.4, -0.2) is 118 Å². The molecule has 1 N–H and O–H groups in total. The number of hydrogen-bond acceptors (Lipinski definition) is 11. The average molecular weight is 523 g/mol. The van der Waals surface area contributed by atoms with Crippen LogP contribution in [0.3, 0.4) is 0 Å². The summed E-state index contributed by atoms with van der Waals surface area (Å²) in [4.78, 5) is 0.0425. The summed E-state index contributed by atoms with van der Waals surface area (Å²) in [5.74, 6) is 0. The second kappa shape index (κ2) is 18.1. The fourth-order valence-electron chi connectivity index (χ4n) is 2.83. The summed E-state index contributed by atoms with van der Waals surface area (Å²) in [6.45, 7) is 6.52. The third kappa shape index (κ3) is 14.2. The van der Waals surface area contributed by atoms with Crippen LogP contribution in [0, 0.1) is 6.92 Å². The predicted octanol–water partition coefficient (Wildman–Crippen LogP) is 0.560. The van der Waals surface area contributed by atoms with E-state index in [1.54, 1.807) is 12.1 Å². The lowest BCUT2D eigenvalue weighted by molar-refractivity contribution is -0.0945. The molecule has 1 saturated heterocycles. The van der Waals surface area contributed by atoms with Crippen molar-refractivity contribution in [3.8, 4) is 0 Å². The molecule has 0 spiro atoms. The summed E-state index contributed by atoms with van der Waals surface area (Å²) < 4.78 is 67.4. The van der Waals surface area contributed by atoms with Crippen molar-refractivity contribution in [1.82, 2.24) is 0 Å². The molecule has 202 valence electrons. The van der Waals surface area contributed by atoms with Crippen LogP contribution in [0.2, 0.25) is 0 Å². The molecule has 0 bridgehead atoms. The molecule has 1 fully saturated rings. The van der Waals surface area contributed by atoms with Crippen molar-refractivity contribution < 1.29 is 50.9 Å². The average Bonchev–Trinajstić information content (AvgIpc) is 2.83. The number of benzene rings is 1.